The molecule has 1 aromatic heterocycles. The van der Waals surface area contributed by atoms with E-state index in [4.69, 9.17) is 0 Å². The zero-order valence-corrected chi connectivity index (χ0v) is 19.7. The number of piperidine rings is 1. The Kier molecular flexibility index (Phi) is 6.41. The molecule has 6 nitrogen and oxygen atoms in total. The molecule has 2 heterocycles. The third-order valence-electron chi connectivity index (χ3n) is 5.04. The molecule has 160 valence electrons. The van der Waals surface area contributed by atoms with Crippen LogP contribution in [0.4, 0.5) is 5.00 Å². The summed E-state index contributed by atoms with van der Waals surface area (Å²) in [5.74, 6) is 0.745. The molecule has 1 aliphatic rings. The van der Waals surface area contributed by atoms with E-state index in [0.29, 0.717) is 36.3 Å². The van der Waals surface area contributed by atoms with Crippen LogP contribution in [0.3, 0.4) is 0 Å². The second kappa shape index (κ2) is 8.35. The summed E-state index contributed by atoms with van der Waals surface area (Å²) in [6, 6.07) is 6.57. The first kappa shape index (κ1) is 22.2. The Balaban J connectivity index is 2.16. The maximum Gasteiger partial charge on any atom is 0.226 e. The third-order valence-corrected chi connectivity index (χ3v) is 10.3. The van der Waals surface area contributed by atoms with Crippen LogP contribution < -0.4 is 4.90 Å². The molecular formula is C20H28N2O4S3. The average Bonchev–Trinajstić information content (AvgIpc) is 3.08. The molecule has 0 unspecified atom stereocenters. The maximum atomic E-state index is 13.4. The summed E-state index contributed by atoms with van der Waals surface area (Å²) < 4.78 is 52.0. The number of anilines is 1. The van der Waals surface area contributed by atoms with Crippen LogP contribution in [0.5, 0.6) is 0 Å². The smallest absolute Gasteiger partial charge is 0.226 e. The summed E-state index contributed by atoms with van der Waals surface area (Å²) >= 11 is 0.989. The first-order valence-electron chi connectivity index (χ1n) is 9.85. The van der Waals surface area contributed by atoms with Crippen LogP contribution >= 0.6 is 11.3 Å². The molecule has 0 spiro atoms. The van der Waals surface area contributed by atoms with Crippen molar-refractivity contribution in [3.8, 4) is 0 Å². The number of rotatable bonds is 6. The van der Waals surface area contributed by atoms with Gasteiger partial charge < -0.3 is 4.90 Å². The lowest BCUT2D eigenvalue weighted by Gasteiger charge is -2.35. The van der Waals surface area contributed by atoms with Crippen LogP contribution in [-0.4, -0.2) is 40.7 Å². The highest BCUT2D eigenvalue weighted by Crippen LogP contribution is 2.40. The van der Waals surface area contributed by atoms with Crippen LogP contribution in [0.2, 0.25) is 0 Å². The van der Waals surface area contributed by atoms with Gasteiger partial charge in [0.15, 0.2) is 5.03 Å². The summed E-state index contributed by atoms with van der Waals surface area (Å²) in [4.78, 5) is 6.33. The molecule has 0 amide bonds. The highest BCUT2D eigenvalue weighted by atomic mass is 32.2. The van der Waals surface area contributed by atoms with Gasteiger partial charge in [0.2, 0.25) is 24.0 Å². The van der Waals surface area contributed by atoms with Crippen molar-refractivity contribution >= 4 is 36.0 Å². The fourth-order valence-corrected chi connectivity index (χ4v) is 8.31. The van der Waals surface area contributed by atoms with Gasteiger partial charge in [-0.15, -0.1) is 0 Å². The van der Waals surface area contributed by atoms with E-state index in [1.54, 1.807) is 31.2 Å². The van der Waals surface area contributed by atoms with E-state index in [1.807, 2.05) is 11.8 Å². The topological polar surface area (TPSA) is 84.4 Å². The van der Waals surface area contributed by atoms with Crippen molar-refractivity contribution in [3.63, 3.8) is 0 Å². The summed E-state index contributed by atoms with van der Waals surface area (Å²) in [6.45, 7) is 9.31. The first-order chi connectivity index (χ1) is 13.5. The molecule has 2 aromatic rings. The Hall–Kier alpha value is -1.45. The number of nitrogens with zero attached hydrogens (tertiary/aromatic N) is 2. The van der Waals surface area contributed by atoms with Crippen LogP contribution in [0, 0.1) is 18.8 Å². The minimum Gasteiger partial charge on any atom is -0.360 e. The Morgan fingerprint density at radius 1 is 1.07 bits per heavy atom. The van der Waals surface area contributed by atoms with Crippen molar-refractivity contribution in [2.24, 2.45) is 11.8 Å². The molecule has 0 N–H and O–H groups in total. The molecule has 0 saturated carbocycles. The molecule has 0 aliphatic carbocycles. The highest BCUT2D eigenvalue weighted by Gasteiger charge is 2.34. The van der Waals surface area contributed by atoms with Gasteiger partial charge in [0.1, 0.15) is 5.00 Å². The van der Waals surface area contributed by atoms with Gasteiger partial charge in [-0.1, -0.05) is 49.8 Å². The summed E-state index contributed by atoms with van der Waals surface area (Å²) in [7, 11) is -7.54. The van der Waals surface area contributed by atoms with E-state index in [1.165, 1.54) is 0 Å². The predicted octanol–water partition coefficient (Wildman–Crippen LogP) is 3.95. The van der Waals surface area contributed by atoms with E-state index >= 15 is 0 Å². The monoisotopic (exact) mass is 456 g/mol. The number of aryl methyl sites for hydroxylation is 1. The Labute approximate surface area is 177 Å². The van der Waals surface area contributed by atoms with Crippen LogP contribution in [-0.2, 0) is 19.7 Å². The number of aromatic nitrogens is 1. The lowest BCUT2D eigenvalue weighted by atomic mass is 9.92. The quantitative estimate of drug-likeness (QED) is 0.654. The van der Waals surface area contributed by atoms with Gasteiger partial charge in [0.05, 0.1) is 10.6 Å². The van der Waals surface area contributed by atoms with Crippen molar-refractivity contribution in [1.29, 1.82) is 0 Å². The standard InChI is InChI=1S/C20H28N2O4S3/c1-5-10-28(23,24)20-21-18(29(25,26)17-8-6-14(2)7-9-17)19(27-20)22-12-15(3)11-16(4)13-22/h6-9,15-16H,5,10-13H2,1-4H3/t15-,16-/m1/s1. The van der Waals surface area contributed by atoms with Gasteiger partial charge in [-0.2, -0.15) is 0 Å². The molecule has 1 aliphatic heterocycles. The molecule has 1 fully saturated rings. The fourth-order valence-electron chi connectivity index (χ4n) is 3.80. The number of hydrogen-bond acceptors (Lipinski definition) is 7. The van der Waals surface area contributed by atoms with Crippen molar-refractivity contribution < 1.29 is 16.8 Å². The molecule has 2 atom stereocenters. The molecule has 1 saturated heterocycles. The normalized spacial score (nSPS) is 20.8. The van der Waals surface area contributed by atoms with Crippen LogP contribution in [0.1, 0.15) is 39.2 Å². The third kappa shape index (κ3) is 4.67. The summed E-state index contributed by atoms with van der Waals surface area (Å²) in [5, 5.41) is 0.306. The lowest BCUT2D eigenvalue weighted by molar-refractivity contribution is 0.357. The van der Waals surface area contributed by atoms with E-state index < -0.39 is 19.7 Å². The number of thiazole rings is 1. The van der Waals surface area contributed by atoms with Crippen LogP contribution in [0.15, 0.2) is 38.5 Å². The average molecular weight is 457 g/mol. The van der Waals surface area contributed by atoms with Gasteiger partial charge in [0, 0.05) is 13.1 Å². The molecule has 1 aromatic carbocycles. The minimum absolute atomic E-state index is 0.0449. The molecule has 29 heavy (non-hydrogen) atoms. The van der Waals surface area contributed by atoms with E-state index in [2.05, 4.69) is 18.8 Å². The Bertz CT molecular complexity index is 1060. The summed E-state index contributed by atoms with van der Waals surface area (Å²) in [5.41, 5.74) is 0.951. The van der Waals surface area contributed by atoms with Gasteiger partial charge >= 0.3 is 0 Å². The van der Waals surface area contributed by atoms with Gasteiger partial charge in [-0.25, -0.2) is 21.8 Å². The lowest BCUT2D eigenvalue weighted by Crippen LogP contribution is -2.38. The van der Waals surface area contributed by atoms with Crippen LogP contribution in [0.25, 0.3) is 0 Å². The number of benzene rings is 1. The van der Waals surface area contributed by atoms with Gasteiger partial charge in [-0.3, -0.25) is 0 Å². The second-order valence-corrected chi connectivity index (χ2v) is 13.2. The van der Waals surface area contributed by atoms with Crippen molar-refractivity contribution in [2.75, 3.05) is 23.7 Å². The maximum absolute atomic E-state index is 13.4. The largest absolute Gasteiger partial charge is 0.360 e. The number of sulfone groups is 2. The van der Waals surface area contributed by atoms with E-state index in [0.717, 1.165) is 23.3 Å². The molecular weight excluding hydrogens is 428 g/mol. The van der Waals surface area contributed by atoms with Gasteiger partial charge in [-0.05, 0) is 43.7 Å². The first-order valence-corrected chi connectivity index (χ1v) is 13.8. The zero-order valence-electron chi connectivity index (χ0n) is 17.3. The molecule has 9 heteroatoms. The van der Waals surface area contributed by atoms with E-state index in [9.17, 15) is 16.8 Å². The van der Waals surface area contributed by atoms with E-state index in [-0.39, 0.29) is 20.0 Å². The highest BCUT2D eigenvalue weighted by molar-refractivity contribution is 7.94. The molecule has 0 bridgehead atoms. The van der Waals surface area contributed by atoms with Crippen molar-refractivity contribution in [1.82, 2.24) is 4.98 Å². The zero-order chi connectivity index (χ0) is 21.4. The molecule has 3 rings (SSSR count). The SMILES string of the molecule is CCCS(=O)(=O)c1nc(S(=O)(=O)c2ccc(C)cc2)c(N2C[C@H](C)C[C@@H](C)C2)s1. The van der Waals surface area contributed by atoms with Gasteiger partial charge in [0.25, 0.3) is 0 Å². The Morgan fingerprint density at radius 2 is 1.66 bits per heavy atom. The number of hydrogen-bond donors (Lipinski definition) is 0. The second-order valence-electron chi connectivity index (χ2n) is 8.08. The minimum atomic E-state index is -3.93. The van der Waals surface area contributed by atoms with Crippen molar-refractivity contribution in [3.05, 3.63) is 29.8 Å². The summed E-state index contributed by atoms with van der Waals surface area (Å²) in [6.07, 6.45) is 1.52. The van der Waals surface area contributed by atoms with Crippen molar-refractivity contribution in [2.45, 2.75) is 54.8 Å². The predicted molar refractivity (Wildman–Crippen MR) is 116 cm³/mol. The Morgan fingerprint density at radius 3 is 2.21 bits per heavy atom. The molecule has 0 radical (unpaired) electrons. The fraction of sp³-hybridized carbons (Fsp3) is 0.550.